The molecule has 0 amide bonds. The molecule has 0 spiro atoms. The van der Waals surface area contributed by atoms with E-state index >= 15 is 0 Å². The summed E-state index contributed by atoms with van der Waals surface area (Å²) >= 11 is 16.0. The Morgan fingerprint density at radius 1 is 1.36 bits per heavy atom. The van der Waals surface area contributed by atoms with Crippen molar-refractivity contribution in [2.45, 2.75) is 3.98 Å². The summed E-state index contributed by atoms with van der Waals surface area (Å²) in [4.78, 5) is 10.4. The molecule has 1 rings (SSSR count). The Labute approximate surface area is 95.1 Å². The molecule has 1 N–H and O–H groups in total. The van der Waals surface area contributed by atoms with Crippen molar-refractivity contribution in [3.05, 3.63) is 23.8 Å². The molecule has 0 heterocycles. The van der Waals surface area contributed by atoms with Gasteiger partial charge in [0.05, 0.1) is 0 Å². The zero-order chi connectivity index (χ0) is 10.8. The number of aromatic hydroxyl groups is 1. The summed E-state index contributed by atoms with van der Waals surface area (Å²) in [5.74, 6) is -0.267. The van der Waals surface area contributed by atoms with Gasteiger partial charge in [0.15, 0.2) is 11.5 Å². The highest BCUT2D eigenvalue weighted by Gasteiger charge is 2.23. The molecule has 14 heavy (non-hydrogen) atoms. The Hall–Kier alpha value is -0.640. The molecule has 0 aliphatic carbocycles. The van der Waals surface area contributed by atoms with Gasteiger partial charge >= 0.3 is 3.98 Å². The molecular formula is C8H5Cl3O3. The molecule has 6 heteroatoms. The minimum absolute atomic E-state index is 0.0606. The number of phenolic OH excluding ortho intramolecular Hbond substituents is 1. The Balaban J connectivity index is 3.01. The first kappa shape index (κ1) is 11.4. The first-order chi connectivity index (χ1) is 6.42. The van der Waals surface area contributed by atoms with Crippen LogP contribution >= 0.6 is 34.8 Å². The molecule has 0 fully saturated rings. The van der Waals surface area contributed by atoms with Gasteiger partial charge in [-0.2, -0.15) is 0 Å². The zero-order valence-electron chi connectivity index (χ0n) is 6.71. The second-order valence-electron chi connectivity index (χ2n) is 2.39. The topological polar surface area (TPSA) is 46.5 Å². The monoisotopic (exact) mass is 254 g/mol. The Bertz CT molecular complexity index is 346. The molecule has 0 aromatic heterocycles. The van der Waals surface area contributed by atoms with Gasteiger partial charge in [-0.25, -0.2) is 0 Å². The lowest BCUT2D eigenvalue weighted by molar-refractivity contribution is 0.112. The summed E-state index contributed by atoms with van der Waals surface area (Å²) in [5.41, 5.74) is 0.312. The number of aldehydes is 1. The molecule has 3 nitrogen and oxygen atoms in total. The van der Waals surface area contributed by atoms with E-state index < -0.39 is 3.98 Å². The quantitative estimate of drug-likeness (QED) is 0.653. The zero-order valence-corrected chi connectivity index (χ0v) is 8.97. The molecule has 0 saturated carbocycles. The number of phenols is 1. The minimum Gasteiger partial charge on any atom is -0.504 e. The fourth-order valence-electron chi connectivity index (χ4n) is 0.810. The number of alkyl halides is 3. The van der Waals surface area contributed by atoms with E-state index in [0.717, 1.165) is 0 Å². The van der Waals surface area contributed by atoms with E-state index in [1.807, 2.05) is 0 Å². The van der Waals surface area contributed by atoms with Crippen LogP contribution in [0, 0.1) is 0 Å². The molecule has 1 aromatic rings. The van der Waals surface area contributed by atoms with Crippen molar-refractivity contribution >= 4 is 41.1 Å². The van der Waals surface area contributed by atoms with Crippen LogP contribution in [0.5, 0.6) is 11.5 Å². The molecule has 0 atom stereocenters. The highest BCUT2D eigenvalue weighted by Crippen LogP contribution is 2.35. The SMILES string of the molecule is O=Cc1ccc(O)c(OC(Cl)(Cl)Cl)c1. The van der Waals surface area contributed by atoms with Crippen LogP contribution < -0.4 is 4.74 Å². The molecule has 0 aliphatic rings. The third kappa shape index (κ3) is 3.25. The van der Waals surface area contributed by atoms with Crippen molar-refractivity contribution in [3.63, 3.8) is 0 Å². The van der Waals surface area contributed by atoms with Gasteiger partial charge in [0.2, 0.25) is 0 Å². The average molecular weight is 255 g/mol. The Kier molecular flexibility index (Phi) is 3.48. The third-order valence-electron chi connectivity index (χ3n) is 1.35. The highest BCUT2D eigenvalue weighted by atomic mass is 35.6. The number of carbonyl (C=O) groups is 1. The summed E-state index contributed by atoms with van der Waals surface area (Å²) in [6.07, 6.45) is 0.588. The first-order valence-electron chi connectivity index (χ1n) is 3.46. The number of ether oxygens (including phenoxy) is 1. The molecule has 0 radical (unpaired) electrons. The molecule has 0 aliphatic heterocycles. The summed E-state index contributed by atoms with van der Waals surface area (Å²) in [6.45, 7) is 0. The molecule has 1 aromatic carbocycles. The number of hydrogen-bond acceptors (Lipinski definition) is 3. The van der Waals surface area contributed by atoms with Crippen LogP contribution in [0.15, 0.2) is 18.2 Å². The van der Waals surface area contributed by atoms with Gasteiger partial charge in [-0.1, -0.05) is 0 Å². The average Bonchev–Trinajstić information content (AvgIpc) is 2.06. The smallest absolute Gasteiger partial charge is 0.338 e. The fraction of sp³-hybridized carbons (Fsp3) is 0.125. The molecule has 0 bridgehead atoms. The fourth-order valence-corrected chi connectivity index (χ4v) is 1.06. The highest BCUT2D eigenvalue weighted by molar-refractivity contribution is 6.66. The van der Waals surface area contributed by atoms with Gasteiger partial charge in [0.1, 0.15) is 6.29 Å². The van der Waals surface area contributed by atoms with Gasteiger partial charge in [-0.15, -0.1) is 0 Å². The molecule has 0 unspecified atom stereocenters. The van der Waals surface area contributed by atoms with Crippen molar-refractivity contribution in [2.75, 3.05) is 0 Å². The van der Waals surface area contributed by atoms with Gasteiger partial charge in [0, 0.05) is 5.56 Å². The van der Waals surface area contributed by atoms with Crippen molar-refractivity contribution in [3.8, 4) is 11.5 Å². The summed E-state index contributed by atoms with van der Waals surface area (Å²) in [5, 5.41) is 9.28. The number of carbonyl (C=O) groups excluding carboxylic acids is 1. The van der Waals surface area contributed by atoms with E-state index in [2.05, 4.69) is 0 Å². The van der Waals surface area contributed by atoms with E-state index in [9.17, 15) is 9.90 Å². The number of hydrogen-bond donors (Lipinski definition) is 1. The van der Waals surface area contributed by atoms with Crippen LogP contribution in [0.2, 0.25) is 0 Å². The lowest BCUT2D eigenvalue weighted by atomic mass is 10.2. The lowest BCUT2D eigenvalue weighted by Gasteiger charge is -2.14. The Morgan fingerprint density at radius 2 is 2.00 bits per heavy atom. The van der Waals surface area contributed by atoms with Crippen molar-refractivity contribution in [1.82, 2.24) is 0 Å². The summed E-state index contributed by atoms with van der Waals surface area (Å²) < 4.78 is 2.79. The van der Waals surface area contributed by atoms with E-state index in [1.165, 1.54) is 18.2 Å². The van der Waals surface area contributed by atoms with Crippen LogP contribution in [0.3, 0.4) is 0 Å². The van der Waals surface area contributed by atoms with Gasteiger partial charge < -0.3 is 9.84 Å². The van der Waals surface area contributed by atoms with Crippen LogP contribution in [-0.2, 0) is 0 Å². The van der Waals surface area contributed by atoms with Crippen LogP contribution in [-0.4, -0.2) is 15.4 Å². The molecule has 0 saturated heterocycles. The maximum atomic E-state index is 10.4. The first-order valence-corrected chi connectivity index (χ1v) is 4.60. The maximum Gasteiger partial charge on any atom is 0.338 e. The second kappa shape index (κ2) is 4.26. The normalized spacial score (nSPS) is 11.1. The van der Waals surface area contributed by atoms with E-state index in [4.69, 9.17) is 39.5 Å². The Morgan fingerprint density at radius 3 is 2.50 bits per heavy atom. The largest absolute Gasteiger partial charge is 0.504 e. The van der Waals surface area contributed by atoms with Crippen molar-refractivity contribution in [2.24, 2.45) is 0 Å². The summed E-state index contributed by atoms with van der Waals surface area (Å²) in [7, 11) is 0. The third-order valence-corrected chi connectivity index (χ3v) is 1.58. The van der Waals surface area contributed by atoms with Crippen LogP contribution in [0.1, 0.15) is 10.4 Å². The van der Waals surface area contributed by atoms with E-state index in [1.54, 1.807) is 0 Å². The van der Waals surface area contributed by atoms with E-state index in [0.29, 0.717) is 11.8 Å². The number of rotatable bonds is 2. The molecular weight excluding hydrogens is 250 g/mol. The van der Waals surface area contributed by atoms with Gasteiger partial charge in [-0.05, 0) is 53.0 Å². The predicted molar refractivity (Wildman–Crippen MR) is 54.4 cm³/mol. The van der Waals surface area contributed by atoms with Gasteiger partial charge in [0.25, 0.3) is 0 Å². The van der Waals surface area contributed by atoms with Crippen LogP contribution in [0.4, 0.5) is 0 Å². The van der Waals surface area contributed by atoms with E-state index in [-0.39, 0.29) is 11.5 Å². The number of halogens is 3. The second-order valence-corrected chi connectivity index (χ2v) is 4.57. The maximum absolute atomic E-state index is 10.4. The summed E-state index contributed by atoms with van der Waals surface area (Å²) in [6, 6.07) is 3.95. The van der Waals surface area contributed by atoms with Crippen LogP contribution in [0.25, 0.3) is 0 Å². The van der Waals surface area contributed by atoms with Crippen molar-refractivity contribution < 1.29 is 14.6 Å². The number of benzene rings is 1. The molecule has 76 valence electrons. The lowest BCUT2D eigenvalue weighted by Crippen LogP contribution is -2.12. The standard InChI is InChI=1S/C8H5Cl3O3/c9-8(10,11)14-7-3-5(4-12)1-2-6(7)13/h1-4,13H. The minimum atomic E-state index is -1.97. The van der Waals surface area contributed by atoms with Gasteiger partial charge in [-0.3, -0.25) is 4.79 Å². The van der Waals surface area contributed by atoms with Crippen molar-refractivity contribution in [1.29, 1.82) is 0 Å². The predicted octanol–water partition coefficient (Wildman–Crippen LogP) is 2.91.